The largest absolute Gasteiger partial charge is 0.376 e. The highest BCUT2D eigenvalue weighted by molar-refractivity contribution is 7.89. The molecule has 1 amide bonds. The molecule has 1 aromatic heterocycles. The Balaban J connectivity index is 1.65. The van der Waals surface area contributed by atoms with E-state index in [2.05, 4.69) is 26.2 Å². The minimum Gasteiger partial charge on any atom is -0.376 e. The van der Waals surface area contributed by atoms with Crippen molar-refractivity contribution in [1.29, 1.82) is 0 Å². The Morgan fingerprint density at radius 3 is 2.52 bits per heavy atom. The summed E-state index contributed by atoms with van der Waals surface area (Å²) in [7, 11) is 1.08. The van der Waals surface area contributed by atoms with E-state index in [9.17, 15) is 13.2 Å². The number of hydrogen-bond donors (Lipinski definition) is 2. The minimum absolute atomic E-state index is 0.00514. The summed E-state index contributed by atoms with van der Waals surface area (Å²) >= 11 is 0. The monoisotopic (exact) mass is 415 g/mol. The molecule has 1 heterocycles. The van der Waals surface area contributed by atoms with E-state index in [1.807, 2.05) is 24.3 Å². The van der Waals surface area contributed by atoms with E-state index in [4.69, 9.17) is 0 Å². The van der Waals surface area contributed by atoms with Crippen molar-refractivity contribution >= 4 is 27.3 Å². The van der Waals surface area contributed by atoms with Crippen molar-refractivity contribution in [2.45, 2.75) is 4.90 Å². The van der Waals surface area contributed by atoms with E-state index in [-0.39, 0.29) is 17.3 Å². The molecule has 3 rings (SSSR count). The number of aromatic nitrogens is 4. The average Bonchev–Trinajstić information content (AvgIpc) is 3.12. The molecule has 10 nitrogen and oxygen atoms in total. The molecule has 11 heteroatoms. The van der Waals surface area contributed by atoms with E-state index in [0.717, 1.165) is 15.6 Å². The van der Waals surface area contributed by atoms with Crippen LogP contribution in [-0.4, -0.2) is 59.5 Å². The van der Waals surface area contributed by atoms with Gasteiger partial charge in [0.1, 0.15) is 0 Å². The van der Waals surface area contributed by atoms with E-state index < -0.39 is 10.0 Å². The van der Waals surface area contributed by atoms with Crippen LogP contribution in [0.25, 0.3) is 11.4 Å². The number of carbonyl (C=O) groups excluding carboxylic acids is 1. The van der Waals surface area contributed by atoms with Crippen molar-refractivity contribution in [2.75, 3.05) is 31.3 Å². The normalized spacial score (nSPS) is 11.4. The number of nitrogens with one attached hydrogen (secondary N) is 2. The summed E-state index contributed by atoms with van der Waals surface area (Å²) in [5.74, 6) is 0.298. The Morgan fingerprint density at radius 1 is 1.10 bits per heavy atom. The van der Waals surface area contributed by atoms with Crippen molar-refractivity contribution in [2.24, 2.45) is 7.05 Å². The quantitative estimate of drug-likeness (QED) is 0.594. The van der Waals surface area contributed by atoms with Crippen LogP contribution in [0.4, 0.5) is 11.4 Å². The Morgan fingerprint density at radius 2 is 1.83 bits per heavy atom. The zero-order valence-corrected chi connectivity index (χ0v) is 17.0. The van der Waals surface area contributed by atoms with Gasteiger partial charge in [0.2, 0.25) is 15.9 Å². The summed E-state index contributed by atoms with van der Waals surface area (Å²) in [4.78, 5) is 12.4. The molecular formula is C18H21N7O3S. The summed E-state index contributed by atoms with van der Waals surface area (Å²) in [6, 6.07) is 13.5. The SMILES string of the molecule is CN(C)S(=O)(=O)c1cccc(NC(=O)CNc2cccc(-c3nnnn3C)c2)c1. The molecule has 3 aromatic rings. The highest BCUT2D eigenvalue weighted by atomic mass is 32.2. The van der Waals surface area contributed by atoms with Crippen LogP contribution in [0.1, 0.15) is 0 Å². The number of amides is 1. The van der Waals surface area contributed by atoms with Crippen molar-refractivity contribution in [1.82, 2.24) is 24.5 Å². The average molecular weight is 415 g/mol. The predicted molar refractivity (Wildman–Crippen MR) is 109 cm³/mol. The molecule has 29 heavy (non-hydrogen) atoms. The summed E-state index contributed by atoms with van der Waals surface area (Å²) in [5.41, 5.74) is 1.94. The lowest BCUT2D eigenvalue weighted by atomic mass is 10.2. The van der Waals surface area contributed by atoms with Gasteiger partial charge in [-0.1, -0.05) is 18.2 Å². The van der Waals surface area contributed by atoms with Gasteiger partial charge in [-0.3, -0.25) is 4.79 Å². The fourth-order valence-electron chi connectivity index (χ4n) is 2.57. The number of sulfonamides is 1. The number of benzene rings is 2. The van der Waals surface area contributed by atoms with Gasteiger partial charge < -0.3 is 10.6 Å². The van der Waals surface area contributed by atoms with Gasteiger partial charge in [0.05, 0.1) is 11.4 Å². The van der Waals surface area contributed by atoms with Gasteiger partial charge >= 0.3 is 0 Å². The van der Waals surface area contributed by atoms with Gasteiger partial charge in [-0.2, -0.15) is 0 Å². The molecule has 0 radical (unpaired) electrons. The number of tetrazole rings is 1. The first-order valence-electron chi connectivity index (χ1n) is 8.66. The second kappa shape index (κ2) is 8.37. The zero-order valence-electron chi connectivity index (χ0n) is 16.2. The van der Waals surface area contributed by atoms with Crippen LogP contribution in [0, 0.1) is 0 Å². The summed E-state index contributed by atoms with van der Waals surface area (Å²) < 4.78 is 27.1. The van der Waals surface area contributed by atoms with Crippen LogP contribution in [-0.2, 0) is 21.9 Å². The standard InChI is InChI=1S/C18H21N7O3S/c1-24(2)29(27,28)16-9-5-8-15(11-16)20-17(26)12-19-14-7-4-6-13(10-14)18-21-22-23-25(18)3/h4-11,19H,12H2,1-3H3,(H,20,26). The number of anilines is 2. The molecule has 152 valence electrons. The molecule has 2 aromatic carbocycles. The number of nitrogens with zero attached hydrogens (tertiary/aromatic N) is 5. The maximum absolute atomic E-state index is 12.3. The smallest absolute Gasteiger partial charge is 0.243 e. The molecule has 0 spiro atoms. The molecular weight excluding hydrogens is 394 g/mol. The van der Waals surface area contributed by atoms with E-state index in [1.54, 1.807) is 23.9 Å². The number of carbonyl (C=O) groups is 1. The Hall–Kier alpha value is -3.31. The van der Waals surface area contributed by atoms with Gasteiger partial charge in [-0.05, 0) is 40.8 Å². The molecule has 0 aliphatic carbocycles. The third-order valence-corrected chi connectivity index (χ3v) is 5.90. The van der Waals surface area contributed by atoms with Crippen LogP contribution >= 0.6 is 0 Å². The van der Waals surface area contributed by atoms with Crippen molar-refractivity contribution in [3.8, 4) is 11.4 Å². The zero-order chi connectivity index (χ0) is 21.0. The van der Waals surface area contributed by atoms with Crippen LogP contribution in [0.2, 0.25) is 0 Å². The second-order valence-corrected chi connectivity index (χ2v) is 8.58. The summed E-state index contributed by atoms with van der Waals surface area (Å²) in [6.07, 6.45) is 0. The summed E-state index contributed by atoms with van der Waals surface area (Å²) in [5, 5.41) is 17.1. The number of aryl methyl sites for hydroxylation is 1. The van der Waals surface area contributed by atoms with Crippen molar-refractivity contribution < 1.29 is 13.2 Å². The first-order valence-corrected chi connectivity index (χ1v) is 10.1. The Bertz CT molecular complexity index is 1130. The molecule has 0 atom stereocenters. The molecule has 0 saturated carbocycles. The lowest BCUT2D eigenvalue weighted by molar-refractivity contribution is -0.114. The summed E-state index contributed by atoms with van der Waals surface area (Å²) in [6.45, 7) is 0.00514. The fraction of sp³-hybridized carbons (Fsp3) is 0.222. The predicted octanol–water partition coefficient (Wildman–Crippen LogP) is 1.18. The van der Waals surface area contributed by atoms with Gasteiger partial charge in [-0.25, -0.2) is 17.4 Å². The number of hydrogen-bond acceptors (Lipinski definition) is 7. The van der Waals surface area contributed by atoms with Gasteiger partial charge in [-0.15, -0.1) is 5.10 Å². The van der Waals surface area contributed by atoms with Crippen LogP contribution in [0.15, 0.2) is 53.4 Å². The molecule has 0 saturated heterocycles. The first-order chi connectivity index (χ1) is 13.8. The van der Waals surface area contributed by atoms with Crippen LogP contribution in [0.5, 0.6) is 0 Å². The number of rotatable bonds is 7. The topological polar surface area (TPSA) is 122 Å². The first kappa shape index (κ1) is 20.4. The van der Waals surface area contributed by atoms with Gasteiger partial charge in [0.25, 0.3) is 0 Å². The Labute approximate surface area is 168 Å². The molecule has 0 unspecified atom stereocenters. The van der Waals surface area contributed by atoms with Crippen LogP contribution < -0.4 is 10.6 Å². The Kier molecular flexibility index (Phi) is 5.89. The molecule has 0 bridgehead atoms. The lowest BCUT2D eigenvalue weighted by Gasteiger charge is -2.13. The van der Waals surface area contributed by atoms with E-state index >= 15 is 0 Å². The lowest BCUT2D eigenvalue weighted by Crippen LogP contribution is -2.23. The maximum atomic E-state index is 12.3. The fourth-order valence-corrected chi connectivity index (χ4v) is 3.52. The van der Waals surface area contributed by atoms with Gasteiger partial charge in [0.15, 0.2) is 5.82 Å². The highest BCUT2D eigenvalue weighted by Crippen LogP contribution is 2.20. The molecule has 0 fully saturated rings. The van der Waals surface area contributed by atoms with E-state index in [1.165, 1.54) is 26.2 Å². The third kappa shape index (κ3) is 4.76. The van der Waals surface area contributed by atoms with E-state index in [0.29, 0.717) is 11.5 Å². The van der Waals surface area contributed by atoms with Crippen molar-refractivity contribution in [3.63, 3.8) is 0 Å². The van der Waals surface area contributed by atoms with Crippen molar-refractivity contribution in [3.05, 3.63) is 48.5 Å². The van der Waals surface area contributed by atoms with Gasteiger partial charge in [0, 0.05) is 38.1 Å². The maximum Gasteiger partial charge on any atom is 0.243 e. The molecule has 2 N–H and O–H groups in total. The molecule has 0 aliphatic heterocycles. The highest BCUT2D eigenvalue weighted by Gasteiger charge is 2.17. The molecule has 0 aliphatic rings. The minimum atomic E-state index is -3.57. The third-order valence-electron chi connectivity index (χ3n) is 4.09. The van der Waals surface area contributed by atoms with Crippen LogP contribution in [0.3, 0.4) is 0 Å². The second-order valence-electron chi connectivity index (χ2n) is 6.42.